The van der Waals surface area contributed by atoms with Gasteiger partial charge in [-0.1, -0.05) is 13.8 Å². The number of hydrogen-bond acceptors (Lipinski definition) is 4. The zero-order chi connectivity index (χ0) is 18.2. The molecule has 0 aromatic carbocycles. The van der Waals surface area contributed by atoms with Gasteiger partial charge in [0.25, 0.3) is 0 Å². The van der Waals surface area contributed by atoms with Crippen LogP contribution < -0.4 is 11.1 Å². The van der Waals surface area contributed by atoms with Crippen molar-refractivity contribution in [3.05, 3.63) is 0 Å². The first-order valence-corrected chi connectivity index (χ1v) is 10.2. The number of ether oxygens (including phenoxy) is 1. The zero-order valence-corrected chi connectivity index (χ0v) is 16.0. The topological polar surface area (TPSA) is 81.4 Å². The zero-order valence-electron chi connectivity index (χ0n) is 16.0. The second-order valence-electron chi connectivity index (χ2n) is 8.41. The summed E-state index contributed by atoms with van der Waals surface area (Å²) in [5.74, 6) is 0.655. The van der Waals surface area contributed by atoms with E-state index in [-0.39, 0.29) is 18.0 Å². The van der Waals surface area contributed by atoms with Crippen molar-refractivity contribution >= 4 is 11.9 Å². The minimum atomic E-state index is -0.507. The van der Waals surface area contributed by atoms with Crippen molar-refractivity contribution in [2.45, 2.75) is 103 Å². The summed E-state index contributed by atoms with van der Waals surface area (Å²) in [7, 11) is 0. The van der Waals surface area contributed by atoms with Crippen molar-refractivity contribution in [3.63, 3.8) is 0 Å². The second kappa shape index (κ2) is 10.1. The Bertz CT molecular complexity index is 425. The Morgan fingerprint density at radius 2 is 1.72 bits per heavy atom. The number of rotatable bonds is 8. The lowest BCUT2D eigenvalue weighted by molar-refractivity contribution is -0.153. The smallest absolute Gasteiger partial charge is 0.328 e. The highest BCUT2D eigenvalue weighted by Crippen LogP contribution is 2.27. The van der Waals surface area contributed by atoms with E-state index in [9.17, 15) is 9.59 Å². The lowest BCUT2D eigenvalue weighted by atomic mass is 9.84. The second-order valence-corrected chi connectivity index (χ2v) is 8.41. The predicted octanol–water partition coefficient (Wildman–Crippen LogP) is 3.30. The summed E-state index contributed by atoms with van der Waals surface area (Å²) in [5.41, 5.74) is 5.93. The maximum atomic E-state index is 12.5. The first-order chi connectivity index (χ1) is 11.9. The molecular weight excluding hydrogens is 316 g/mol. The lowest BCUT2D eigenvalue weighted by Gasteiger charge is -2.26. The molecule has 2 aliphatic carbocycles. The molecule has 1 atom stereocenters. The third-order valence-corrected chi connectivity index (χ3v) is 5.58. The summed E-state index contributed by atoms with van der Waals surface area (Å²) >= 11 is 0. The Balaban J connectivity index is 1.76. The van der Waals surface area contributed by atoms with Gasteiger partial charge < -0.3 is 15.8 Å². The van der Waals surface area contributed by atoms with Gasteiger partial charge in [-0.3, -0.25) is 4.79 Å². The molecule has 0 heterocycles. The fourth-order valence-electron chi connectivity index (χ4n) is 4.02. The molecule has 25 heavy (non-hydrogen) atoms. The number of nitrogens with two attached hydrogens (primary N) is 1. The van der Waals surface area contributed by atoms with Crippen LogP contribution in [0.2, 0.25) is 0 Å². The summed E-state index contributed by atoms with van der Waals surface area (Å²) in [4.78, 5) is 24.8. The number of hydrogen-bond donors (Lipinski definition) is 2. The highest BCUT2D eigenvalue weighted by atomic mass is 16.5. The highest BCUT2D eigenvalue weighted by Gasteiger charge is 2.28. The van der Waals surface area contributed by atoms with Crippen LogP contribution in [-0.4, -0.2) is 30.1 Å². The molecule has 0 aliphatic heterocycles. The van der Waals surface area contributed by atoms with Crippen molar-refractivity contribution in [2.75, 3.05) is 0 Å². The van der Waals surface area contributed by atoms with Crippen LogP contribution in [0.5, 0.6) is 0 Å². The largest absolute Gasteiger partial charge is 0.461 e. The van der Waals surface area contributed by atoms with Crippen LogP contribution >= 0.6 is 0 Å². The molecule has 0 saturated heterocycles. The standard InChI is InChI=1S/C20H36N2O3/c1-14(2)13-18(20(24)25-17-5-3-4-6-17)22-19(23)12-9-15-7-10-16(21)11-8-15/h14-18H,3-13,21H2,1-2H3,(H,22,23)/t15-,16+,18-/m0/s1. The first kappa shape index (κ1) is 20.2. The molecule has 2 aliphatic rings. The molecule has 0 spiro atoms. The van der Waals surface area contributed by atoms with Gasteiger partial charge in [0, 0.05) is 12.5 Å². The van der Waals surface area contributed by atoms with Crippen molar-refractivity contribution < 1.29 is 14.3 Å². The van der Waals surface area contributed by atoms with E-state index >= 15 is 0 Å². The summed E-state index contributed by atoms with van der Waals surface area (Å²) in [6.45, 7) is 4.13. The maximum absolute atomic E-state index is 12.5. The molecule has 1 amide bonds. The van der Waals surface area contributed by atoms with Gasteiger partial charge in [-0.15, -0.1) is 0 Å². The fraction of sp³-hybridized carbons (Fsp3) is 0.900. The van der Waals surface area contributed by atoms with Gasteiger partial charge in [-0.25, -0.2) is 4.79 Å². The molecule has 2 saturated carbocycles. The summed E-state index contributed by atoms with van der Waals surface area (Å²) in [6, 6.07) is -0.168. The molecule has 144 valence electrons. The van der Waals surface area contributed by atoms with E-state index in [1.807, 2.05) is 0 Å². The predicted molar refractivity (Wildman–Crippen MR) is 98.9 cm³/mol. The third kappa shape index (κ3) is 7.35. The van der Waals surface area contributed by atoms with Crippen LogP contribution in [0.4, 0.5) is 0 Å². The Morgan fingerprint density at radius 3 is 2.32 bits per heavy atom. The van der Waals surface area contributed by atoms with Crippen LogP contribution in [0.25, 0.3) is 0 Å². The van der Waals surface area contributed by atoms with E-state index in [4.69, 9.17) is 10.5 Å². The van der Waals surface area contributed by atoms with Crippen LogP contribution in [0.15, 0.2) is 0 Å². The molecule has 0 aromatic heterocycles. The fourth-order valence-corrected chi connectivity index (χ4v) is 4.02. The van der Waals surface area contributed by atoms with Crippen molar-refractivity contribution in [1.82, 2.24) is 5.32 Å². The van der Waals surface area contributed by atoms with E-state index in [1.54, 1.807) is 0 Å². The molecule has 0 radical (unpaired) electrons. The van der Waals surface area contributed by atoms with Crippen LogP contribution in [0.3, 0.4) is 0 Å². The Labute approximate surface area is 152 Å². The Hall–Kier alpha value is -1.10. The lowest BCUT2D eigenvalue weighted by Crippen LogP contribution is -2.43. The van der Waals surface area contributed by atoms with Gasteiger partial charge >= 0.3 is 5.97 Å². The molecule has 2 fully saturated rings. The molecule has 0 aromatic rings. The van der Waals surface area contributed by atoms with Crippen LogP contribution in [0, 0.1) is 11.8 Å². The van der Waals surface area contributed by atoms with Gasteiger partial charge in [0.2, 0.25) is 5.91 Å². The number of nitrogens with one attached hydrogen (secondary N) is 1. The average Bonchev–Trinajstić information content (AvgIpc) is 3.06. The van der Waals surface area contributed by atoms with Crippen LogP contribution in [-0.2, 0) is 14.3 Å². The first-order valence-electron chi connectivity index (χ1n) is 10.2. The number of carbonyl (C=O) groups excluding carboxylic acids is 2. The minimum Gasteiger partial charge on any atom is -0.461 e. The highest BCUT2D eigenvalue weighted by molar-refractivity contribution is 5.84. The molecule has 2 rings (SSSR count). The van der Waals surface area contributed by atoms with Crippen molar-refractivity contribution in [2.24, 2.45) is 17.6 Å². The summed E-state index contributed by atoms with van der Waals surface area (Å²) < 4.78 is 5.61. The van der Waals surface area contributed by atoms with E-state index < -0.39 is 6.04 Å². The molecule has 0 unspecified atom stereocenters. The summed E-state index contributed by atoms with van der Waals surface area (Å²) in [6.07, 6.45) is 10.6. The Morgan fingerprint density at radius 1 is 1.08 bits per heavy atom. The van der Waals surface area contributed by atoms with Crippen LogP contribution in [0.1, 0.15) is 84.5 Å². The van der Waals surface area contributed by atoms with Gasteiger partial charge in [0.15, 0.2) is 0 Å². The van der Waals surface area contributed by atoms with E-state index in [2.05, 4.69) is 19.2 Å². The molecule has 5 nitrogen and oxygen atoms in total. The molecule has 0 bridgehead atoms. The van der Waals surface area contributed by atoms with E-state index in [0.717, 1.165) is 57.8 Å². The van der Waals surface area contributed by atoms with Crippen molar-refractivity contribution in [1.29, 1.82) is 0 Å². The minimum absolute atomic E-state index is 0.0242. The van der Waals surface area contributed by atoms with E-state index in [1.165, 1.54) is 0 Å². The number of esters is 1. The Kier molecular flexibility index (Phi) is 8.20. The number of carbonyl (C=O) groups is 2. The molecular formula is C20H36N2O3. The third-order valence-electron chi connectivity index (χ3n) is 5.58. The van der Waals surface area contributed by atoms with E-state index in [0.29, 0.717) is 30.7 Å². The molecule has 3 N–H and O–H groups in total. The average molecular weight is 353 g/mol. The van der Waals surface area contributed by atoms with Gasteiger partial charge in [-0.2, -0.15) is 0 Å². The van der Waals surface area contributed by atoms with Gasteiger partial charge in [0.05, 0.1) is 0 Å². The summed E-state index contributed by atoms with van der Waals surface area (Å²) in [5, 5.41) is 2.93. The number of amides is 1. The monoisotopic (exact) mass is 352 g/mol. The molecule has 5 heteroatoms. The van der Waals surface area contributed by atoms with Gasteiger partial charge in [-0.05, 0) is 76.0 Å². The SMILES string of the molecule is CC(C)C[C@H](NC(=O)CC[C@H]1CC[C@@H](N)CC1)C(=O)OC1CCCC1. The quantitative estimate of drug-likeness (QED) is 0.657. The van der Waals surface area contributed by atoms with Crippen molar-refractivity contribution in [3.8, 4) is 0 Å². The maximum Gasteiger partial charge on any atom is 0.328 e. The van der Waals surface area contributed by atoms with Gasteiger partial charge in [0.1, 0.15) is 12.1 Å². The normalized spacial score (nSPS) is 25.8.